The minimum absolute atomic E-state index is 0.182. The van der Waals surface area contributed by atoms with Crippen LogP contribution in [0.4, 0.5) is 0 Å². The van der Waals surface area contributed by atoms with Crippen LogP contribution in [-0.4, -0.2) is 51.3 Å². The van der Waals surface area contributed by atoms with Crippen LogP contribution in [0, 0.1) is 0 Å². The molecule has 1 rings (SSSR count). The maximum Gasteiger partial charge on any atom is 0.214 e. The Kier molecular flexibility index (Phi) is 5.68. The van der Waals surface area contributed by atoms with Crippen LogP contribution in [0.2, 0.25) is 0 Å². The average Bonchev–Trinajstić information content (AvgIpc) is 3.02. The Balaban J connectivity index is 2.47. The van der Waals surface area contributed by atoms with Gasteiger partial charge >= 0.3 is 0 Å². The summed E-state index contributed by atoms with van der Waals surface area (Å²) in [6.45, 7) is 1.60. The predicted octanol–water partition coefficient (Wildman–Crippen LogP) is 0.166. The summed E-state index contributed by atoms with van der Waals surface area (Å²) in [7, 11) is -1.52. The van der Waals surface area contributed by atoms with Crippen molar-refractivity contribution in [3.63, 3.8) is 0 Å². The van der Waals surface area contributed by atoms with Crippen LogP contribution in [0.15, 0.2) is 0 Å². The smallest absolute Gasteiger partial charge is 0.214 e. The van der Waals surface area contributed by atoms with Gasteiger partial charge < -0.3 is 10.5 Å². The fourth-order valence-electron chi connectivity index (χ4n) is 1.66. The highest BCUT2D eigenvalue weighted by molar-refractivity contribution is 7.89. The van der Waals surface area contributed by atoms with Crippen LogP contribution in [0.1, 0.15) is 25.7 Å². The minimum Gasteiger partial charge on any atom is -0.385 e. The number of nitrogens with zero attached hydrogens (tertiary/aromatic N) is 1. The van der Waals surface area contributed by atoms with E-state index in [1.54, 1.807) is 11.4 Å². The van der Waals surface area contributed by atoms with Gasteiger partial charge in [0.1, 0.15) is 0 Å². The van der Waals surface area contributed by atoms with Crippen molar-refractivity contribution in [2.45, 2.75) is 31.7 Å². The molecule has 0 heterocycles. The summed E-state index contributed by atoms with van der Waals surface area (Å²) < 4.78 is 30.6. The molecule has 16 heavy (non-hydrogen) atoms. The Bertz CT molecular complexity index is 288. The molecule has 1 aliphatic carbocycles. The van der Waals surface area contributed by atoms with E-state index in [2.05, 4.69) is 0 Å². The minimum atomic E-state index is -3.11. The molecule has 1 saturated carbocycles. The molecular weight excluding hydrogens is 228 g/mol. The van der Waals surface area contributed by atoms with E-state index in [0.717, 1.165) is 19.3 Å². The average molecular weight is 250 g/mol. The third kappa shape index (κ3) is 4.37. The van der Waals surface area contributed by atoms with Crippen molar-refractivity contribution in [3.05, 3.63) is 0 Å². The van der Waals surface area contributed by atoms with Crippen molar-refractivity contribution in [1.29, 1.82) is 0 Å². The zero-order valence-electron chi connectivity index (χ0n) is 9.89. The lowest BCUT2D eigenvalue weighted by Gasteiger charge is -2.21. The molecule has 1 aliphatic rings. The quantitative estimate of drug-likeness (QED) is 0.592. The highest BCUT2D eigenvalue weighted by Crippen LogP contribution is 2.29. The molecule has 0 bridgehead atoms. The van der Waals surface area contributed by atoms with E-state index in [4.69, 9.17) is 10.5 Å². The van der Waals surface area contributed by atoms with Crippen LogP contribution >= 0.6 is 0 Å². The second-order valence-corrected chi connectivity index (χ2v) is 6.19. The van der Waals surface area contributed by atoms with Gasteiger partial charge in [0.15, 0.2) is 0 Å². The number of sulfonamides is 1. The summed E-state index contributed by atoms with van der Waals surface area (Å²) in [5.74, 6) is 0.182. The summed E-state index contributed by atoms with van der Waals surface area (Å²) in [6.07, 6.45) is 3.28. The largest absolute Gasteiger partial charge is 0.385 e. The molecule has 0 aromatic carbocycles. The van der Waals surface area contributed by atoms with Gasteiger partial charge in [0, 0.05) is 26.3 Å². The molecule has 6 heteroatoms. The van der Waals surface area contributed by atoms with Crippen molar-refractivity contribution in [2.24, 2.45) is 5.73 Å². The Morgan fingerprint density at radius 2 is 2.06 bits per heavy atom. The number of hydrogen-bond donors (Lipinski definition) is 1. The van der Waals surface area contributed by atoms with Crippen LogP contribution in [0.3, 0.4) is 0 Å². The van der Waals surface area contributed by atoms with E-state index in [-0.39, 0.29) is 11.8 Å². The third-order valence-corrected chi connectivity index (χ3v) is 4.64. The summed E-state index contributed by atoms with van der Waals surface area (Å²) in [6, 6.07) is 0.235. The van der Waals surface area contributed by atoms with Gasteiger partial charge in [-0.05, 0) is 32.2 Å². The molecule has 96 valence electrons. The van der Waals surface area contributed by atoms with E-state index in [9.17, 15) is 8.42 Å². The van der Waals surface area contributed by atoms with Gasteiger partial charge in [0.2, 0.25) is 10.0 Å². The van der Waals surface area contributed by atoms with Gasteiger partial charge in [-0.1, -0.05) is 0 Å². The maximum atomic E-state index is 12.0. The van der Waals surface area contributed by atoms with Crippen LogP contribution in [0.25, 0.3) is 0 Å². The Morgan fingerprint density at radius 1 is 1.38 bits per heavy atom. The van der Waals surface area contributed by atoms with E-state index in [0.29, 0.717) is 26.1 Å². The molecule has 0 unspecified atom stereocenters. The number of rotatable bonds is 9. The zero-order valence-corrected chi connectivity index (χ0v) is 10.7. The first-order valence-corrected chi connectivity index (χ1v) is 7.41. The Morgan fingerprint density at radius 3 is 2.56 bits per heavy atom. The van der Waals surface area contributed by atoms with E-state index < -0.39 is 10.0 Å². The van der Waals surface area contributed by atoms with Gasteiger partial charge in [0.05, 0.1) is 5.75 Å². The second kappa shape index (κ2) is 6.54. The summed E-state index contributed by atoms with van der Waals surface area (Å²) in [4.78, 5) is 0. The third-order valence-electron chi connectivity index (χ3n) is 2.64. The Hall–Kier alpha value is -0.170. The molecule has 0 aromatic heterocycles. The Labute approximate surface area is 98.0 Å². The van der Waals surface area contributed by atoms with Crippen LogP contribution in [0.5, 0.6) is 0 Å². The molecule has 0 radical (unpaired) electrons. The van der Waals surface area contributed by atoms with Crippen molar-refractivity contribution in [3.8, 4) is 0 Å². The zero-order chi connectivity index (χ0) is 12.0. The fourth-order valence-corrected chi connectivity index (χ4v) is 3.45. The van der Waals surface area contributed by atoms with E-state index in [1.165, 1.54) is 0 Å². The number of nitrogens with two attached hydrogens (primary N) is 1. The molecule has 2 N–H and O–H groups in total. The molecule has 0 amide bonds. The van der Waals surface area contributed by atoms with Crippen molar-refractivity contribution in [1.82, 2.24) is 4.31 Å². The highest BCUT2D eigenvalue weighted by Gasteiger charge is 2.36. The number of methoxy groups -OCH3 is 1. The summed E-state index contributed by atoms with van der Waals surface area (Å²) in [5, 5.41) is 0. The predicted molar refractivity (Wildman–Crippen MR) is 63.7 cm³/mol. The van der Waals surface area contributed by atoms with E-state index in [1.807, 2.05) is 0 Å². The molecule has 0 saturated heterocycles. The summed E-state index contributed by atoms with van der Waals surface area (Å²) in [5.41, 5.74) is 5.42. The molecule has 0 atom stereocenters. The van der Waals surface area contributed by atoms with Gasteiger partial charge in [-0.25, -0.2) is 8.42 Å². The standard InChI is InChI=1S/C10H22N2O3S/c1-15-8-3-9-16(13,14)12(7-2-6-11)10-4-5-10/h10H,2-9,11H2,1H3. The van der Waals surface area contributed by atoms with Gasteiger partial charge in [0.25, 0.3) is 0 Å². The van der Waals surface area contributed by atoms with Crippen molar-refractivity contribution in [2.75, 3.05) is 32.6 Å². The molecule has 0 spiro atoms. The van der Waals surface area contributed by atoms with Crippen molar-refractivity contribution >= 4 is 10.0 Å². The lowest BCUT2D eigenvalue weighted by Crippen LogP contribution is -2.36. The molecule has 0 aliphatic heterocycles. The first-order chi connectivity index (χ1) is 7.61. The molecular formula is C10H22N2O3S. The van der Waals surface area contributed by atoms with Crippen molar-refractivity contribution < 1.29 is 13.2 Å². The summed E-state index contributed by atoms with van der Waals surface area (Å²) >= 11 is 0. The van der Waals surface area contributed by atoms with Gasteiger partial charge in [-0.3, -0.25) is 0 Å². The second-order valence-electron chi connectivity index (χ2n) is 4.15. The topological polar surface area (TPSA) is 72.6 Å². The monoisotopic (exact) mass is 250 g/mol. The molecule has 1 fully saturated rings. The maximum absolute atomic E-state index is 12.0. The normalized spacial score (nSPS) is 16.9. The number of hydrogen-bond acceptors (Lipinski definition) is 4. The fraction of sp³-hybridized carbons (Fsp3) is 1.00. The highest BCUT2D eigenvalue weighted by atomic mass is 32.2. The van der Waals surface area contributed by atoms with Gasteiger partial charge in [-0.2, -0.15) is 4.31 Å². The lowest BCUT2D eigenvalue weighted by molar-refractivity contribution is 0.199. The van der Waals surface area contributed by atoms with E-state index >= 15 is 0 Å². The van der Waals surface area contributed by atoms with Crippen LogP contribution < -0.4 is 5.73 Å². The van der Waals surface area contributed by atoms with Gasteiger partial charge in [-0.15, -0.1) is 0 Å². The van der Waals surface area contributed by atoms with Crippen LogP contribution in [-0.2, 0) is 14.8 Å². The molecule has 5 nitrogen and oxygen atoms in total. The first-order valence-electron chi connectivity index (χ1n) is 5.80. The SMILES string of the molecule is COCCCS(=O)(=O)N(CCCN)C1CC1. The first kappa shape index (κ1) is 13.9. The lowest BCUT2D eigenvalue weighted by atomic mass is 10.4. The number of ether oxygens (including phenoxy) is 1. The molecule has 0 aromatic rings.